The Bertz CT molecular complexity index is 1130. The van der Waals surface area contributed by atoms with Crippen LogP contribution >= 0.6 is 11.3 Å². The fourth-order valence-electron chi connectivity index (χ4n) is 4.72. The third kappa shape index (κ3) is 3.37. The number of hydrogen-bond donors (Lipinski definition) is 1. The van der Waals surface area contributed by atoms with Gasteiger partial charge in [0.1, 0.15) is 0 Å². The molecule has 30 heavy (non-hydrogen) atoms. The van der Waals surface area contributed by atoms with Crippen molar-refractivity contribution >= 4 is 22.9 Å². The number of fused-ring (bicyclic) bond motifs is 2. The molecule has 0 spiro atoms. The molecular formula is C22H27N5O2S. The average molecular weight is 426 g/mol. The van der Waals surface area contributed by atoms with Crippen molar-refractivity contribution in [2.24, 2.45) is 5.92 Å². The molecule has 5 heterocycles. The predicted octanol–water partition coefficient (Wildman–Crippen LogP) is 2.96. The third-order valence-corrected chi connectivity index (χ3v) is 7.01. The lowest BCUT2D eigenvalue weighted by Crippen LogP contribution is -2.41. The molecular weight excluding hydrogens is 398 g/mol. The minimum Gasteiger partial charge on any atom is -0.336 e. The van der Waals surface area contributed by atoms with Crippen LogP contribution in [0.15, 0.2) is 27.7 Å². The van der Waals surface area contributed by atoms with Gasteiger partial charge in [-0.3, -0.25) is 19.6 Å². The first-order valence-corrected chi connectivity index (χ1v) is 11.6. The smallest absolute Gasteiger partial charge is 0.276 e. The van der Waals surface area contributed by atoms with Crippen LogP contribution in [-0.4, -0.2) is 43.4 Å². The molecule has 0 radical (unpaired) electrons. The number of carbonyl (C=O) groups excluding carboxylic acids is 1. The topological polar surface area (TPSA) is 73.7 Å². The maximum Gasteiger partial charge on any atom is 0.276 e. The van der Waals surface area contributed by atoms with Crippen molar-refractivity contribution in [1.29, 1.82) is 0 Å². The Balaban J connectivity index is 1.46. The van der Waals surface area contributed by atoms with Gasteiger partial charge in [-0.05, 0) is 48.2 Å². The summed E-state index contributed by atoms with van der Waals surface area (Å²) in [6.45, 7) is 6.80. The molecule has 1 atom stereocenters. The quantitative estimate of drug-likeness (QED) is 0.698. The van der Waals surface area contributed by atoms with Gasteiger partial charge in [-0.25, -0.2) is 9.50 Å². The lowest BCUT2D eigenvalue weighted by Gasteiger charge is -2.29. The number of nitrogens with one attached hydrogen (secondary N) is 1. The van der Waals surface area contributed by atoms with Crippen molar-refractivity contribution < 1.29 is 4.79 Å². The summed E-state index contributed by atoms with van der Waals surface area (Å²) in [7, 11) is 0. The summed E-state index contributed by atoms with van der Waals surface area (Å²) in [5.74, 6) is 0.0688. The number of rotatable bonds is 4. The second-order valence-electron chi connectivity index (χ2n) is 8.67. The lowest BCUT2D eigenvalue weighted by molar-refractivity contribution is -0.135. The molecule has 5 rings (SSSR count). The minimum atomic E-state index is -0.0492. The second-order valence-corrected chi connectivity index (χ2v) is 9.45. The molecule has 3 aromatic rings. The molecule has 0 aliphatic carbocycles. The van der Waals surface area contributed by atoms with E-state index in [0.29, 0.717) is 25.2 Å². The zero-order valence-corrected chi connectivity index (χ0v) is 18.2. The van der Waals surface area contributed by atoms with Gasteiger partial charge in [-0.1, -0.05) is 13.8 Å². The zero-order chi connectivity index (χ0) is 20.8. The van der Waals surface area contributed by atoms with Gasteiger partial charge in [0.05, 0.1) is 24.0 Å². The maximum atomic E-state index is 13.1. The van der Waals surface area contributed by atoms with E-state index in [1.165, 1.54) is 5.56 Å². The van der Waals surface area contributed by atoms with E-state index in [1.54, 1.807) is 15.9 Å². The monoisotopic (exact) mass is 425 g/mol. The number of aromatic nitrogens is 3. The van der Waals surface area contributed by atoms with Crippen molar-refractivity contribution in [3.05, 3.63) is 55.8 Å². The number of H-pyrrole nitrogens is 1. The van der Waals surface area contributed by atoms with Gasteiger partial charge in [0.25, 0.3) is 5.56 Å². The zero-order valence-electron chi connectivity index (χ0n) is 17.4. The summed E-state index contributed by atoms with van der Waals surface area (Å²) in [6.07, 6.45) is 2.78. The standard InChI is InChI=1S/C22H27N5O2S/c1-14(2)21(28)26-8-5-16-18(12-26)23-20-10-17(24-27(20)22(16)29)19-4-3-7-25(19)11-15-6-9-30-13-15/h6,9-10,13-14,19,24H,3-5,7-8,11-12H2,1-2H3. The van der Waals surface area contributed by atoms with Crippen LogP contribution < -0.4 is 5.56 Å². The van der Waals surface area contributed by atoms with Gasteiger partial charge in [-0.15, -0.1) is 0 Å². The van der Waals surface area contributed by atoms with E-state index >= 15 is 0 Å². The fourth-order valence-corrected chi connectivity index (χ4v) is 5.38. The first-order chi connectivity index (χ1) is 14.5. The maximum absolute atomic E-state index is 13.1. The Morgan fingerprint density at radius 2 is 2.23 bits per heavy atom. The Morgan fingerprint density at radius 3 is 3.00 bits per heavy atom. The summed E-state index contributed by atoms with van der Waals surface area (Å²) in [5, 5.41) is 7.65. The molecule has 2 aliphatic heterocycles. The second kappa shape index (κ2) is 7.67. The molecule has 1 amide bonds. The van der Waals surface area contributed by atoms with Crippen molar-refractivity contribution in [2.45, 2.75) is 52.2 Å². The van der Waals surface area contributed by atoms with Crippen molar-refractivity contribution in [3.8, 4) is 0 Å². The van der Waals surface area contributed by atoms with E-state index in [1.807, 2.05) is 24.8 Å². The molecule has 158 valence electrons. The molecule has 1 N–H and O–H groups in total. The van der Waals surface area contributed by atoms with Gasteiger partial charge in [0.2, 0.25) is 5.91 Å². The van der Waals surface area contributed by atoms with E-state index in [0.717, 1.165) is 42.9 Å². The Labute approximate surface area is 179 Å². The largest absolute Gasteiger partial charge is 0.336 e. The number of nitrogens with zero attached hydrogens (tertiary/aromatic N) is 4. The van der Waals surface area contributed by atoms with Crippen LogP contribution in [-0.2, 0) is 24.3 Å². The number of amides is 1. The molecule has 1 fully saturated rings. The fraction of sp³-hybridized carbons (Fsp3) is 0.500. The van der Waals surface area contributed by atoms with Crippen LogP contribution in [0.25, 0.3) is 5.65 Å². The van der Waals surface area contributed by atoms with Crippen LogP contribution in [0.2, 0.25) is 0 Å². The SMILES string of the molecule is CC(C)C(=O)N1CCc2c(nc3cc(C4CCCN4Cc4ccsc4)[nH]n3c2=O)C1. The van der Waals surface area contributed by atoms with E-state index in [2.05, 4.69) is 26.8 Å². The Morgan fingerprint density at radius 1 is 1.37 bits per heavy atom. The van der Waals surface area contributed by atoms with E-state index < -0.39 is 0 Å². The first kappa shape index (κ1) is 19.5. The molecule has 0 saturated carbocycles. The molecule has 1 unspecified atom stereocenters. The van der Waals surface area contributed by atoms with Crippen molar-refractivity contribution in [2.75, 3.05) is 13.1 Å². The first-order valence-electron chi connectivity index (χ1n) is 10.7. The highest BCUT2D eigenvalue weighted by Crippen LogP contribution is 2.33. The molecule has 2 aliphatic rings. The van der Waals surface area contributed by atoms with Gasteiger partial charge in [0, 0.05) is 30.6 Å². The third-order valence-electron chi connectivity index (χ3n) is 6.28. The van der Waals surface area contributed by atoms with Crippen LogP contribution in [0.5, 0.6) is 0 Å². The molecule has 3 aromatic heterocycles. The number of likely N-dealkylation sites (tertiary alicyclic amines) is 1. The number of aromatic amines is 1. The molecule has 0 aromatic carbocycles. The number of hydrogen-bond acceptors (Lipinski definition) is 5. The van der Waals surface area contributed by atoms with E-state index in [9.17, 15) is 9.59 Å². The van der Waals surface area contributed by atoms with Gasteiger partial charge < -0.3 is 4.90 Å². The summed E-state index contributed by atoms with van der Waals surface area (Å²) >= 11 is 1.73. The van der Waals surface area contributed by atoms with Gasteiger partial charge in [0.15, 0.2) is 5.65 Å². The van der Waals surface area contributed by atoms with Crippen LogP contribution in [0.3, 0.4) is 0 Å². The Kier molecular flexibility index (Phi) is 4.99. The summed E-state index contributed by atoms with van der Waals surface area (Å²) in [5.41, 5.74) is 4.48. The summed E-state index contributed by atoms with van der Waals surface area (Å²) in [4.78, 5) is 34.6. The molecule has 7 nitrogen and oxygen atoms in total. The van der Waals surface area contributed by atoms with Crippen molar-refractivity contribution in [3.63, 3.8) is 0 Å². The summed E-state index contributed by atoms with van der Waals surface area (Å²) < 4.78 is 1.59. The normalized spacial score (nSPS) is 19.7. The highest BCUT2D eigenvalue weighted by Gasteiger charge is 2.30. The molecule has 1 saturated heterocycles. The van der Waals surface area contributed by atoms with Crippen molar-refractivity contribution in [1.82, 2.24) is 24.4 Å². The Hall–Kier alpha value is -2.45. The number of carbonyl (C=O) groups is 1. The highest BCUT2D eigenvalue weighted by molar-refractivity contribution is 7.07. The van der Waals surface area contributed by atoms with Crippen LogP contribution in [0.1, 0.15) is 55.2 Å². The van der Waals surface area contributed by atoms with E-state index in [4.69, 9.17) is 4.98 Å². The predicted molar refractivity (Wildman–Crippen MR) is 116 cm³/mol. The molecule has 8 heteroatoms. The minimum absolute atomic E-state index is 0.0275. The highest BCUT2D eigenvalue weighted by atomic mass is 32.1. The molecule has 0 bridgehead atoms. The number of thiophene rings is 1. The average Bonchev–Trinajstić information content (AvgIpc) is 3.48. The van der Waals surface area contributed by atoms with Crippen LogP contribution in [0, 0.1) is 5.92 Å². The lowest BCUT2D eigenvalue weighted by atomic mass is 10.0. The van der Waals surface area contributed by atoms with Crippen LogP contribution in [0.4, 0.5) is 0 Å². The van der Waals surface area contributed by atoms with Gasteiger partial charge >= 0.3 is 0 Å². The van der Waals surface area contributed by atoms with E-state index in [-0.39, 0.29) is 23.4 Å². The van der Waals surface area contributed by atoms with Gasteiger partial charge in [-0.2, -0.15) is 11.3 Å². The summed E-state index contributed by atoms with van der Waals surface area (Å²) in [6, 6.07) is 4.46.